The molecule has 1 amide bonds. The van der Waals surface area contributed by atoms with Gasteiger partial charge in [0.1, 0.15) is 13.2 Å². The molecule has 0 radical (unpaired) electrons. The van der Waals surface area contributed by atoms with Crippen molar-refractivity contribution in [3.63, 3.8) is 0 Å². The fourth-order valence-corrected chi connectivity index (χ4v) is 5.14. The van der Waals surface area contributed by atoms with E-state index in [0.717, 1.165) is 51.4 Å². The van der Waals surface area contributed by atoms with Crippen LogP contribution in [-0.2, 0) is 0 Å². The van der Waals surface area contributed by atoms with Gasteiger partial charge in [0, 0.05) is 18.7 Å². The number of hydrogen-bond donors (Lipinski definition) is 1. The molecule has 0 saturated carbocycles. The number of carbonyl (C=O) groups excluding carboxylic acids is 1. The van der Waals surface area contributed by atoms with Crippen LogP contribution in [0.5, 0.6) is 11.5 Å². The van der Waals surface area contributed by atoms with Gasteiger partial charge in [-0.3, -0.25) is 4.79 Å². The molecule has 7 heteroatoms. The molecule has 0 aliphatic carbocycles. The molecule has 1 atom stereocenters. The Balaban J connectivity index is 1.30. The number of carbonyl (C=O) groups is 1. The van der Waals surface area contributed by atoms with Gasteiger partial charge in [0.2, 0.25) is 0 Å². The summed E-state index contributed by atoms with van der Waals surface area (Å²) in [4.78, 5) is 20.1. The molecule has 1 aromatic heterocycles. The van der Waals surface area contributed by atoms with Crippen LogP contribution in [0.4, 0.5) is 5.13 Å². The number of nitrogens with zero attached hydrogens (tertiary/aromatic N) is 2. The lowest BCUT2D eigenvalue weighted by atomic mass is 10.00. The topological polar surface area (TPSA) is 63.7 Å². The molecule has 3 heterocycles. The highest BCUT2D eigenvalue weighted by Gasteiger charge is 2.20. The van der Waals surface area contributed by atoms with Gasteiger partial charge in [-0.1, -0.05) is 24.3 Å². The predicted octanol–water partition coefficient (Wildman–Crippen LogP) is 4.79. The average molecular weight is 438 g/mol. The normalized spacial score (nSPS) is 17.5. The average Bonchev–Trinajstić information content (AvgIpc) is 3.22. The van der Waals surface area contributed by atoms with Crippen LogP contribution in [0.1, 0.15) is 48.7 Å². The maximum absolute atomic E-state index is 12.9. The van der Waals surface area contributed by atoms with Crippen LogP contribution in [0.2, 0.25) is 0 Å². The zero-order valence-corrected chi connectivity index (χ0v) is 18.7. The summed E-state index contributed by atoms with van der Waals surface area (Å²) in [6, 6.07) is 11.4. The summed E-state index contributed by atoms with van der Waals surface area (Å²) in [5.74, 6) is 2.18. The third-order valence-electron chi connectivity index (χ3n) is 6.11. The van der Waals surface area contributed by atoms with Crippen LogP contribution in [0.25, 0.3) is 10.2 Å². The van der Waals surface area contributed by atoms with Crippen molar-refractivity contribution in [3.8, 4) is 11.5 Å². The third-order valence-corrected chi connectivity index (χ3v) is 7.19. The maximum atomic E-state index is 12.9. The number of amides is 1. The third kappa shape index (κ3) is 4.19. The number of fused-ring (bicyclic) bond motifs is 2. The molecule has 1 saturated heterocycles. The van der Waals surface area contributed by atoms with Crippen molar-refractivity contribution in [3.05, 3.63) is 47.5 Å². The Morgan fingerprint density at radius 3 is 2.71 bits per heavy atom. The highest BCUT2D eigenvalue weighted by Crippen LogP contribution is 2.34. The minimum absolute atomic E-state index is 0.0916. The quantitative estimate of drug-likeness (QED) is 0.636. The second-order valence-corrected chi connectivity index (χ2v) is 9.46. The summed E-state index contributed by atoms with van der Waals surface area (Å²) in [6.07, 6.45) is 2.42. The standard InChI is InChI=1S/C24H27N3O3S/c1-15-7-9-27(10-8-15)24-26-19-5-3-18(14-22(19)31-24)23(28)25-16(2)17-4-6-20-21(13-17)30-12-11-29-20/h3-6,13-16H,7-12H2,1-2H3,(H,25,28)/t16-/m0/s1. The van der Waals surface area contributed by atoms with Gasteiger partial charge in [0.25, 0.3) is 5.91 Å². The van der Waals surface area contributed by atoms with Crippen LogP contribution in [0, 0.1) is 5.92 Å². The lowest BCUT2D eigenvalue weighted by Crippen LogP contribution is -2.32. The van der Waals surface area contributed by atoms with E-state index in [1.54, 1.807) is 11.3 Å². The van der Waals surface area contributed by atoms with Crippen LogP contribution in [-0.4, -0.2) is 37.2 Å². The molecule has 0 bridgehead atoms. The van der Waals surface area contributed by atoms with Gasteiger partial charge >= 0.3 is 0 Å². The van der Waals surface area contributed by atoms with Crippen molar-refractivity contribution in [2.24, 2.45) is 5.92 Å². The summed E-state index contributed by atoms with van der Waals surface area (Å²) in [6.45, 7) is 7.51. The fourth-order valence-electron chi connectivity index (χ4n) is 4.08. The van der Waals surface area contributed by atoms with Gasteiger partial charge in [-0.2, -0.15) is 0 Å². The van der Waals surface area contributed by atoms with Gasteiger partial charge in [0.05, 0.1) is 16.3 Å². The minimum Gasteiger partial charge on any atom is -0.486 e. The number of hydrogen-bond acceptors (Lipinski definition) is 6. The Labute approximate surface area is 186 Å². The van der Waals surface area contributed by atoms with Crippen molar-refractivity contribution in [2.45, 2.75) is 32.7 Å². The molecule has 31 heavy (non-hydrogen) atoms. The number of aromatic nitrogens is 1. The molecule has 0 unspecified atom stereocenters. The molecule has 3 aromatic rings. The Morgan fingerprint density at radius 2 is 1.90 bits per heavy atom. The Morgan fingerprint density at radius 1 is 1.13 bits per heavy atom. The number of rotatable bonds is 4. The molecular weight excluding hydrogens is 410 g/mol. The van der Waals surface area contributed by atoms with Gasteiger partial charge in [-0.05, 0) is 61.6 Å². The van der Waals surface area contributed by atoms with Gasteiger partial charge < -0.3 is 19.7 Å². The van der Waals surface area contributed by atoms with E-state index in [2.05, 4.69) is 17.1 Å². The molecule has 2 aliphatic heterocycles. The molecule has 0 spiro atoms. The second kappa shape index (κ2) is 8.38. The molecular formula is C24H27N3O3S. The van der Waals surface area contributed by atoms with Crippen molar-refractivity contribution in [1.82, 2.24) is 10.3 Å². The van der Waals surface area contributed by atoms with Crippen molar-refractivity contribution < 1.29 is 14.3 Å². The highest BCUT2D eigenvalue weighted by molar-refractivity contribution is 7.22. The van der Waals surface area contributed by atoms with Crippen LogP contribution >= 0.6 is 11.3 Å². The van der Waals surface area contributed by atoms with E-state index in [1.165, 1.54) is 12.8 Å². The lowest BCUT2D eigenvalue weighted by molar-refractivity contribution is 0.0940. The summed E-state index contributed by atoms with van der Waals surface area (Å²) in [7, 11) is 0. The number of anilines is 1. The first-order valence-electron chi connectivity index (χ1n) is 10.9. The van der Waals surface area contributed by atoms with E-state index in [-0.39, 0.29) is 11.9 Å². The zero-order valence-electron chi connectivity index (χ0n) is 17.9. The Bertz CT molecular complexity index is 1100. The predicted molar refractivity (Wildman–Crippen MR) is 124 cm³/mol. The second-order valence-electron chi connectivity index (χ2n) is 8.45. The summed E-state index contributed by atoms with van der Waals surface area (Å²) in [5.41, 5.74) is 2.59. The molecule has 2 aliphatic rings. The first-order chi connectivity index (χ1) is 15.1. The van der Waals surface area contributed by atoms with Crippen molar-refractivity contribution >= 4 is 32.6 Å². The van der Waals surface area contributed by atoms with Gasteiger partial charge in [0.15, 0.2) is 16.6 Å². The maximum Gasteiger partial charge on any atom is 0.251 e. The van der Waals surface area contributed by atoms with E-state index in [0.29, 0.717) is 18.8 Å². The van der Waals surface area contributed by atoms with E-state index >= 15 is 0 Å². The van der Waals surface area contributed by atoms with Crippen molar-refractivity contribution in [1.29, 1.82) is 0 Å². The monoisotopic (exact) mass is 437 g/mol. The molecule has 5 rings (SSSR count). The number of piperidine rings is 1. The van der Waals surface area contributed by atoms with E-state index < -0.39 is 0 Å². The Kier molecular flexibility index (Phi) is 5.44. The van der Waals surface area contributed by atoms with Gasteiger partial charge in [-0.25, -0.2) is 4.98 Å². The summed E-state index contributed by atoms with van der Waals surface area (Å²) in [5, 5.41) is 4.16. The summed E-state index contributed by atoms with van der Waals surface area (Å²) < 4.78 is 12.3. The highest BCUT2D eigenvalue weighted by atomic mass is 32.1. The van der Waals surface area contributed by atoms with Crippen LogP contribution in [0.15, 0.2) is 36.4 Å². The smallest absolute Gasteiger partial charge is 0.251 e. The molecule has 1 N–H and O–H groups in total. The number of thiazole rings is 1. The minimum atomic E-state index is -0.147. The first kappa shape index (κ1) is 20.1. The molecule has 1 fully saturated rings. The fraction of sp³-hybridized carbons (Fsp3) is 0.417. The lowest BCUT2D eigenvalue weighted by Gasteiger charge is -2.29. The van der Waals surface area contributed by atoms with E-state index in [4.69, 9.17) is 14.5 Å². The largest absolute Gasteiger partial charge is 0.486 e. The Hall–Kier alpha value is -2.80. The van der Waals surface area contributed by atoms with Crippen LogP contribution < -0.4 is 19.7 Å². The zero-order chi connectivity index (χ0) is 21.4. The van der Waals surface area contributed by atoms with E-state index in [1.807, 2.05) is 43.3 Å². The van der Waals surface area contributed by atoms with E-state index in [9.17, 15) is 4.79 Å². The summed E-state index contributed by atoms with van der Waals surface area (Å²) >= 11 is 1.67. The van der Waals surface area contributed by atoms with Crippen molar-refractivity contribution in [2.75, 3.05) is 31.2 Å². The number of nitrogens with one attached hydrogen (secondary N) is 1. The van der Waals surface area contributed by atoms with Crippen LogP contribution in [0.3, 0.4) is 0 Å². The number of benzene rings is 2. The molecule has 2 aromatic carbocycles. The SMILES string of the molecule is CC1CCN(c2nc3ccc(C(=O)N[C@@H](C)c4ccc5c(c4)OCCO5)cc3s2)CC1. The molecule has 6 nitrogen and oxygen atoms in total. The first-order valence-corrected chi connectivity index (χ1v) is 11.7. The van der Waals surface area contributed by atoms with Gasteiger partial charge in [-0.15, -0.1) is 0 Å². The molecule has 162 valence electrons. The number of ether oxygens (including phenoxy) is 2.